The molecule has 0 N–H and O–H groups in total. The topological polar surface area (TPSA) is 78.9 Å². The molecule has 1 aliphatic heterocycles. The van der Waals surface area contributed by atoms with Gasteiger partial charge in [0, 0.05) is 12.0 Å². The molecule has 1 heterocycles. The van der Waals surface area contributed by atoms with E-state index in [-0.39, 0.29) is 35.6 Å². The minimum absolute atomic E-state index is 0.0508. The summed E-state index contributed by atoms with van der Waals surface area (Å²) in [6, 6.07) is 0. The van der Waals surface area contributed by atoms with Crippen molar-refractivity contribution in [3.05, 3.63) is 12.2 Å². The minimum Gasteiger partial charge on any atom is -0.463 e. The Hall–Kier alpha value is -1.85. The van der Waals surface area contributed by atoms with E-state index in [0.29, 0.717) is 5.92 Å². The Labute approximate surface area is 160 Å². The first-order valence-corrected chi connectivity index (χ1v) is 9.97. The zero-order valence-electron chi connectivity index (χ0n) is 16.5. The Morgan fingerprint density at radius 3 is 2.48 bits per heavy atom. The SMILES string of the molecule is C=C(C)C(=O)OCC(=O)OCC1CC2CC1C1(C2)CC(CC)(CC)OC1=O. The van der Waals surface area contributed by atoms with Gasteiger partial charge in [0.1, 0.15) is 5.60 Å². The van der Waals surface area contributed by atoms with Crippen molar-refractivity contribution in [3.63, 3.8) is 0 Å². The molecule has 150 valence electrons. The van der Waals surface area contributed by atoms with Crippen molar-refractivity contribution in [2.45, 2.75) is 64.9 Å². The smallest absolute Gasteiger partial charge is 0.344 e. The summed E-state index contributed by atoms with van der Waals surface area (Å²) in [5.74, 6) is -0.341. The van der Waals surface area contributed by atoms with Crippen LogP contribution in [-0.2, 0) is 28.6 Å². The number of hydrogen-bond donors (Lipinski definition) is 0. The number of carbonyl (C=O) groups is 3. The van der Waals surface area contributed by atoms with Crippen LogP contribution in [0.25, 0.3) is 0 Å². The van der Waals surface area contributed by atoms with Gasteiger partial charge in [0.05, 0.1) is 12.0 Å². The highest BCUT2D eigenvalue weighted by Crippen LogP contribution is 2.65. The fraction of sp³-hybridized carbons (Fsp3) is 0.762. The van der Waals surface area contributed by atoms with Gasteiger partial charge in [-0.15, -0.1) is 0 Å². The van der Waals surface area contributed by atoms with Crippen molar-refractivity contribution in [2.75, 3.05) is 13.2 Å². The van der Waals surface area contributed by atoms with Gasteiger partial charge < -0.3 is 14.2 Å². The van der Waals surface area contributed by atoms with Gasteiger partial charge in [0.2, 0.25) is 0 Å². The number of fused-ring (bicyclic) bond motifs is 3. The molecule has 4 unspecified atom stereocenters. The summed E-state index contributed by atoms with van der Waals surface area (Å²) in [5, 5.41) is 0. The number of rotatable bonds is 7. The Kier molecular flexibility index (Phi) is 5.37. The Morgan fingerprint density at radius 2 is 1.93 bits per heavy atom. The molecule has 6 nitrogen and oxygen atoms in total. The largest absolute Gasteiger partial charge is 0.463 e. The fourth-order valence-electron chi connectivity index (χ4n) is 5.49. The molecule has 0 aromatic carbocycles. The molecule has 3 aliphatic rings. The zero-order valence-corrected chi connectivity index (χ0v) is 16.5. The second kappa shape index (κ2) is 7.28. The highest BCUT2D eigenvalue weighted by atomic mass is 16.6. The Balaban J connectivity index is 1.58. The second-order valence-corrected chi connectivity index (χ2v) is 8.56. The molecule has 3 fully saturated rings. The molecule has 0 amide bonds. The number of ether oxygens (including phenoxy) is 3. The molecule has 0 aromatic heterocycles. The average Bonchev–Trinajstić information content (AvgIpc) is 3.29. The molecular formula is C21H30O6. The van der Waals surface area contributed by atoms with Gasteiger partial charge in [-0.3, -0.25) is 4.79 Å². The van der Waals surface area contributed by atoms with E-state index < -0.39 is 24.0 Å². The van der Waals surface area contributed by atoms with Crippen molar-refractivity contribution in [1.29, 1.82) is 0 Å². The first kappa shape index (κ1) is 19.9. The zero-order chi connectivity index (χ0) is 19.8. The van der Waals surface area contributed by atoms with Gasteiger partial charge in [-0.25, -0.2) is 9.59 Å². The monoisotopic (exact) mass is 378 g/mol. The van der Waals surface area contributed by atoms with E-state index in [1.54, 1.807) is 0 Å². The maximum Gasteiger partial charge on any atom is 0.344 e. The summed E-state index contributed by atoms with van der Waals surface area (Å²) < 4.78 is 16.1. The molecule has 6 heteroatoms. The van der Waals surface area contributed by atoms with Crippen LogP contribution in [0.1, 0.15) is 59.3 Å². The third kappa shape index (κ3) is 3.50. The molecule has 27 heavy (non-hydrogen) atoms. The Morgan fingerprint density at radius 1 is 1.22 bits per heavy atom. The molecule has 1 spiro atoms. The molecular weight excluding hydrogens is 348 g/mol. The average molecular weight is 378 g/mol. The molecule has 4 atom stereocenters. The quantitative estimate of drug-likeness (QED) is 0.385. The molecule has 0 radical (unpaired) electrons. The lowest BCUT2D eigenvalue weighted by molar-refractivity contribution is -0.160. The van der Waals surface area contributed by atoms with E-state index in [1.165, 1.54) is 6.92 Å². The second-order valence-electron chi connectivity index (χ2n) is 8.56. The number of hydrogen-bond acceptors (Lipinski definition) is 6. The maximum absolute atomic E-state index is 12.9. The predicted molar refractivity (Wildman–Crippen MR) is 97.5 cm³/mol. The van der Waals surface area contributed by atoms with Crippen LogP contribution in [0.4, 0.5) is 0 Å². The van der Waals surface area contributed by atoms with E-state index in [0.717, 1.165) is 38.5 Å². The third-order valence-corrected chi connectivity index (χ3v) is 6.93. The summed E-state index contributed by atoms with van der Waals surface area (Å²) in [6.45, 7) is 9.01. The van der Waals surface area contributed by atoms with Crippen LogP contribution in [0.15, 0.2) is 12.2 Å². The third-order valence-electron chi connectivity index (χ3n) is 6.93. The molecule has 3 rings (SSSR count). The van der Waals surface area contributed by atoms with Gasteiger partial charge in [0.15, 0.2) is 6.61 Å². The van der Waals surface area contributed by atoms with Gasteiger partial charge >= 0.3 is 17.9 Å². The predicted octanol–water partition coefficient (Wildman–Crippen LogP) is 3.19. The normalized spacial score (nSPS) is 33.1. The van der Waals surface area contributed by atoms with E-state index >= 15 is 0 Å². The van der Waals surface area contributed by atoms with Crippen LogP contribution in [-0.4, -0.2) is 36.7 Å². The standard InChI is InChI=1S/C21H30O6/c1-5-20(6-2)12-21(19(24)27-20)9-14-7-15(16(21)8-14)10-25-17(22)11-26-18(23)13(3)4/h14-16H,3,5-12H2,1-2,4H3. The number of esters is 3. The Bertz CT molecular complexity index is 649. The lowest BCUT2D eigenvalue weighted by Crippen LogP contribution is -2.39. The summed E-state index contributed by atoms with van der Waals surface area (Å²) in [4.78, 5) is 36.1. The lowest BCUT2D eigenvalue weighted by atomic mass is 9.65. The fourth-order valence-corrected chi connectivity index (χ4v) is 5.49. The first-order chi connectivity index (χ1) is 12.7. The highest BCUT2D eigenvalue weighted by molar-refractivity contribution is 5.88. The lowest BCUT2D eigenvalue weighted by Gasteiger charge is -2.36. The summed E-state index contributed by atoms with van der Waals surface area (Å²) in [6.07, 6.45) is 5.34. The van der Waals surface area contributed by atoms with Gasteiger partial charge in [0.25, 0.3) is 0 Å². The van der Waals surface area contributed by atoms with Crippen LogP contribution in [0.2, 0.25) is 0 Å². The van der Waals surface area contributed by atoms with Crippen molar-refractivity contribution < 1.29 is 28.6 Å². The van der Waals surface area contributed by atoms with E-state index in [4.69, 9.17) is 14.2 Å². The highest BCUT2D eigenvalue weighted by Gasteiger charge is 2.66. The summed E-state index contributed by atoms with van der Waals surface area (Å²) >= 11 is 0. The molecule has 2 bridgehead atoms. The van der Waals surface area contributed by atoms with E-state index in [1.807, 2.05) is 0 Å². The van der Waals surface area contributed by atoms with Crippen LogP contribution in [0, 0.1) is 23.2 Å². The summed E-state index contributed by atoms with van der Waals surface area (Å²) in [5.41, 5.74) is -0.495. The number of carbonyl (C=O) groups excluding carboxylic acids is 3. The van der Waals surface area contributed by atoms with Crippen molar-refractivity contribution in [1.82, 2.24) is 0 Å². The molecule has 2 saturated carbocycles. The van der Waals surface area contributed by atoms with Gasteiger partial charge in [-0.2, -0.15) is 0 Å². The minimum atomic E-state index is -0.602. The summed E-state index contributed by atoms with van der Waals surface area (Å²) in [7, 11) is 0. The number of cyclic esters (lactones) is 1. The maximum atomic E-state index is 12.9. The van der Waals surface area contributed by atoms with Crippen LogP contribution >= 0.6 is 0 Å². The van der Waals surface area contributed by atoms with Gasteiger partial charge in [-0.05, 0) is 56.8 Å². The molecule has 2 aliphatic carbocycles. The first-order valence-electron chi connectivity index (χ1n) is 9.97. The molecule has 1 saturated heterocycles. The van der Waals surface area contributed by atoms with Crippen LogP contribution in [0.5, 0.6) is 0 Å². The van der Waals surface area contributed by atoms with E-state index in [9.17, 15) is 14.4 Å². The van der Waals surface area contributed by atoms with Crippen LogP contribution < -0.4 is 0 Å². The van der Waals surface area contributed by atoms with Crippen molar-refractivity contribution in [2.24, 2.45) is 23.2 Å². The van der Waals surface area contributed by atoms with Crippen molar-refractivity contribution in [3.8, 4) is 0 Å². The van der Waals surface area contributed by atoms with Gasteiger partial charge in [-0.1, -0.05) is 20.4 Å². The van der Waals surface area contributed by atoms with Crippen molar-refractivity contribution >= 4 is 17.9 Å². The van der Waals surface area contributed by atoms with Crippen LogP contribution in [0.3, 0.4) is 0 Å². The molecule has 0 aromatic rings. The van der Waals surface area contributed by atoms with E-state index in [2.05, 4.69) is 20.4 Å².